The fourth-order valence-corrected chi connectivity index (χ4v) is 3.83. The molecule has 1 aliphatic rings. The van der Waals surface area contributed by atoms with Crippen LogP contribution in [-0.2, 0) is 14.3 Å². The molecule has 0 atom stereocenters. The van der Waals surface area contributed by atoms with Crippen LogP contribution in [-0.4, -0.2) is 66.0 Å². The standard InChI is InChI=1S/C23H27N5O5/c1-28(18-10-8-16(9-11-18)22(30)32-2)21(29)17-12-25-20(26-13-17)15-6-4-14(5-7-15)19(24)27-23(31)33-3/h4-7,12-13,16,18H,8-11H2,1-3H3,(H2,24,27,31). The summed E-state index contributed by atoms with van der Waals surface area (Å²) in [5, 5.41) is 10.2. The number of methoxy groups -OCH3 is 2. The number of aromatic nitrogens is 2. The summed E-state index contributed by atoms with van der Waals surface area (Å²) < 4.78 is 9.30. The number of rotatable bonds is 5. The van der Waals surface area contributed by atoms with Gasteiger partial charge in [-0.25, -0.2) is 14.8 Å². The molecule has 2 aromatic rings. The molecule has 1 aromatic heterocycles. The van der Waals surface area contributed by atoms with Gasteiger partial charge in [-0.2, -0.15) is 0 Å². The van der Waals surface area contributed by atoms with Crippen molar-refractivity contribution in [1.82, 2.24) is 20.2 Å². The molecule has 174 valence electrons. The summed E-state index contributed by atoms with van der Waals surface area (Å²) in [5.41, 5.74) is 1.59. The molecule has 2 N–H and O–H groups in total. The Morgan fingerprint density at radius 1 is 0.970 bits per heavy atom. The number of alkyl carbamates (subject to hydrolysis) is 1. The van der Waals surface area contributed by atoms with Crippen molar-refractivity contribution in [2.45, 2.75) is 31.7 Å². The average Bonchev–Trinajstić information content (AvgIpc) is 2.87. The van der Waals surface area contributed by atoms with Crippen molar-refractivity contribution in [3.05, 3.63) is 47.8 Å². The lowest BCUT2D eigenvalue weighted by atomic mass is 9.85. The monoisotopic (exact) mass is 453 g/mol. The number of amides is 2. The molecule has 10 nitrogen and oxygen atoms in total. The van der Waals surface area contributed by atoms with Gasteiger partial charge in [0.05, 0.1) is 25.7 Å². The van der Waals surface area contributed by atoms with Crippen LogP contribution in [0.4, 0.5) is 4.79 Å². The SMILES string of the molecule is COC(=O)NC(=N)c1ccc(-c2ncc(C(=O)N(C)C3CCC(C(=O)OC)CC3)cn2)cc1. The second-order valence-electron chi connectivity index (χ2n) is 7.81. The summed E-state index contributed by atoms with van der Waals surface area (Å²) >= 11 is 0. The zero-order valence-electron chi connectivity index (χ0n) is 18.8. The van der Waals surface area contributed by atoms with Crippen LogP contribution < -0.4 is 5.32 Å². The number of nitrogens with zero attached hydrogens (tertiary/aromatic N) is 3. The maximum absolute atomic E-state index is 12.9. The Labute approximate surface area is 191 Å². The Kier molecular flexibility index (Phi) is 7.70. The third-order valence-corrected chi connectivity index (χ3v) is 5.84. The fourth-order valence-electron chi connectivity index (χ4n) is 3.83. The van der Waals surface area contributed by atoms with E-state index in [1.807, 2.05) is 0 Å². The molecule has 2 amide bonds. The van der Waals surface area contributed by atoms with Gasteiger partial charge in [-0.3, -0.25) is 20.3 Å². The fraction of sp³-hybridized carbons (Fsp3) is 0.391. The summed E-state index contributed by atoms with van der Waals surface area (Å²) in [6, 6.07) is 6.83. The van der Waals surface area contributed by atoms with Gasteiger partial charge < -0.3 is 14.4 Å². The zero-order valence-corrected chi connectivity index (χ0v) is 18.8. The van der Waals surface area contributed by atoms with E-state index in [0.29, 0.717) is 35.4 Å². The van der Waals surface area contributed by atoms with Crippen molar-refractivity contribution in [3.63, 3.8) is 0 Å². The summed E-state index contributed by atoms with van der Waals surface area (Å²) in [5.74, 6) is -0.0915. The quantitative estimate of drug-likeness (QED) is 0.404. The van der Waals surface area contributed by atoms with E-state index in [9.17, 15) is 14.4 Å². The predicted octanol–water partition coefficient (Wildman–Crippen LogP) is 2.63. The topological polar surface area (TPSA) is 135 Å². The van der Waals surface area contributed by atoms with Gasteiger partial charge in [-0.15, -0.1) is 0 Å². The molecule has 10 heteroatoms. The molecule has 0 spiro atoms. The van der Waals surface area contributed by atoms with Gasteiger partial charge >= 0.3 is 12.1 Å². The van der Waals surface area contributed by atoms with Gasteiger partial charge in [0.1, 0.15) is 5.84 Å². The minimum absolute atomic E-state index is 0.0551. The van der Waals surface area contributed by atoms with E-state index in [4.69, 9.17) is 10.1 Å². The number of hydrogen-bond donors (Lipinski definition) is 2. The maximum atomic E-state index is 12.9. The van der Waals surface area contributed by atoms with E-state index in [2.05, 4.69) is 20.0 Å². The van der Waals surface area contributed by atoms with Gasteiger partial charge in [0.2, 0.25) is 0 Å². The molecule has 0 radical (unpaired) electrons. The number of amidine groups is 1. The van der Waals surface area contributed by atoms with Gasteiger partial charge in [-0.05, 0) is 25.7 Å². The lowest BCUT2D eigenvalue weighted by Gasteiger charge is -2.33. The Hall–Kier alpha value is -3.82. The Morgan fingerprint density at radius 2 is 1.58 bits per heavy atom. The van der Waals surface area contributed by atoms with E-state index in [1.54, 1.807) is 36.2 Å². The number of hydrogen-bond acceptors (Lipinski definition) is 8. The second kappa shape index (κ2) is 10.7. The summed E-state index contributed by atoms with van der Waals surface area (Å²) in [7, 11) is 4.38. The van der Waals surface area contributed by atoms with E-state index in [0.717, 1.165) is 12.8 Å². The number of ether oxygens (including phenoxy) is 2. The van der Waals surface area contributed by atoms with Crippen LogP contribution >= 0.6 is 0 Å². The first-order chi connectivity index (χ1) is 15.8. The highest BCUT2D eigenvalue weighted by atomic mass is 16.5. The molecular weight excluding hydrogens is 426 g/mol. The minimum Gasteiger partial charge on any atom is -0.469 e. The number of carbonyl (C=O) groups is 3. The molecule has 1 fully saturated rings. The van der Waals surface area contributed by atoms with Crippen LogP contribution in [0.15, 0.2) is 36.7 Å². The van der Waals surface area contributed by atoms with E-state index in [-0.39, 0.29) is 29.7 Å². The first kappa shape index (κ1) is 23.8. The molecule has 1 heterocycles. The van der Waals surface area contributed by atoms with Crippen LogP contribution in [0.5, 0.6) is 0 Å². The number of carbonyl (C=O) groups excluding carboxylic acids is 3. The van der Waals surface area contributed by atoms with E-state index in [1.165, 1.54) is 26.6 Å². The third kappa shape index (κ3) is 5.71. The largest absolute Gasteiger partial charge is 0.469 e. The lowest BCUT2D eigenvalue weighted by molar-refractivity contribution is -0.146. The third-order valence-electron chi connectivity index (χ3n) is 5.84. The van der Waals surface area contributed by atoms with Gasteiger partial charge in [0, 0.05) is 36.6 Å². The summed E-state index contributed by atoms with van der Waals surface area (Å²) in [4.78, 5) is 46.1. The molecule has 0 unspecified atom stereocenters. The predicted molar refractivity (Wildman–Crippen MR) is 120 cm³/mol. The van der Waals surface area contributed by atoms with Gasteiger partial charge in [0.25, 0.3) is 5.91 Å². The van der Waals surface area contributed by atoms with Crippen molar-refractivity contribution in [1.29, 1.82) is 5.41 Å². The van der Waals surface area contributed by atoms with E-state index >= 15 is 0 Å². The number of benzene rings is 1. The number of nitrogens with one attached hydrogen (secondary N) is 2. The van der Waals surface area contributed by atoms with Crippen LogP contribution in [0.2, 0.25) is 0 Å². The molecule has 3 rings (SSSR count). The van der Waals surface area contributed by atoms with Crippen molar-refractivity contribution in [2.24, 2.45) is 5.92 Å². The van der Waals surface area contributed by atoms with Crippen LogP contribution in [0.25, 0.3) is 11.4 Å². The highest BCUT2D eigenvalue weighted by Crippen LogP contribution is 2.28. The van der Waals surface area contributed by atoms with Crippen molar-refractivity contribution < 1.29 is 23.9 Å². The Bertz CT molecular complexity index is 1010. The average molecular weight is 453 g/mol. The first-order valence-electron chi connectivity index (χ1n) is 10.6. The van der Waals surface area contributed by atoms with Crippen molar-refractivity contribution in [2.75, 3.05) is 21.3 Å². The summed E-state index contributed by atoms with van der Waals surface area (Å²) in [6.45, 7) is 0. The zero-order chi connectivity index (χ0) is 24.0. The molecule has 0 bridgehead atoms. The van der Waals surface area contributed by atoms with Crippen LogP contribution in [0, 0.1) is 11.3 Å². The molecule has 0 saturated heterocycles. The van der Waals surface area contributed by atoms with Crippen LogP contribution in [0.3, 0.4) is 0 Å². The summed E-state index contributed by atoms with van der Waals surface area (Å²) in [6.07, 6.45) is 5.17. The minimum atomic E-state index is -0.714. The number of esters is 1. The molecule has 1 saturated carbocycles. The molecule has 0 aliphatic heterocycles. The van der Waals surface area contributed by atoms with Gasteiger partial charge in [0.15, 0.2) is 5.82 Å². The smallest absolute Gasteiger partial charge is 0.412 e. The molecule has 1 aromatic carbocycles. The first-order valence-corrected chi connectivity index (χ1v) is 10.6. The highest BCUT2D eigenvalue weighted by molar-refractivity contribution is 6.04. The Morgan fingerprint density at radius 3 is 2.12 bits per heavy atom. The molecule has 33 heavy (non-hydrogen) atoms. The van der Waals surface area contributed by atoms with Crippen molar-refractivity contribution >= 4 is 23.8 Å². The molecular formula is C23H27N5O5. The van der Waals surface area contributed by atoms with Crippen LogP contribution in [0.1, 0.15) is 41.6 Å². The maximum Gasteiger partial charge on any atom is 0.412 e. The van der Waals surface area contributed by atoms with Gasteiger partial charge in [-0.1, -0.05) is 24.3 Å². The lowest BCUT2D eigenvalue weighted by Crippen LogP contribution is -2.40. The van der Waals surface area contributed by atoms with Crippen molar-refractivity contribution in [3.8, 4) is 11.4 Å². The Balaban J connectivity index is 1.61. The molecule has 1 aliphatic carbocycles. The highest BCUT2D eigenvalue weighted by Gasteiger charge is 2.30. The van der Waals surface area contributed by atoms with E-state index < -0.39 is 6.09 Å². The normalized spacial score (nSPS) is 17.5. The second-order valence-corrected chi connectivity index (χ2v) is 7.81.